The third-order valence-corrected chi connectivity index (χ3v) is 13.2. The Morgan fingerprint density at radius 2 is 0.909 bits per heavy atom. The average Bonchev–Trinajstić information content (AvgIpc) is 3.84. The summed E-state index contributed by atoms with van der Waals surface area (Å²) in [7, 11) is 0. The molecule has 0 saturated carbocycles. The van der Waals surface area contributed by atoms with Crippen molar-refractivity contribution in [3.8, 4) is 33.4 Å². The van der Waals surface area contributed by atoms with Gasteiger partial charge >= 0.3 is 0 Å². The van der Waals surface area contributed by atoms with Crippen LogP contribution in [-0.4, -0.2) is 0 Å². The molecule has 9 aromatic carbocycles. The molecule has 0 saturated heterocycles. The monoisotopic (exact) mass is 735 g/mol. The number of hydrogen-bond donors (Lipinski definition) is 0. The minimum Gasteiger partial charge on any atom is -0.310 e. The predicted octanol–water partition coefficient (Wildman–Crippen LogP) is 16.0. The number of fused-ring (bicyclic) bond motifs is 8. The minimum atomic E-state index is 1.11. The molecule has 0 radical (unpaired) electrons. The van der Waals surface area contributed by atoms with Crippen LogP contribution in [0.25, 0.3) is 84.5 Å². The molecule has 258 valence electrons. The summed E-state index contributed by atoms with van der Waals surface area (Å²) in [5, 5.41) is 7.91. The zero-order valence-corrected chi connectivity index (χ0v) is 31.4. The zero-order chi connectivity index (χ0) is 36.3. The molecule has 0 aliphatic heterocycles. The Labute approximate surface area is 327 Å². The molecule has 3 heteroatoms. The highest BCUT2D eigenvalue weighted by Crippen LogP contribution is 2.43. The van der Waals surface area contributed by atoms with Gasteiger partial charge in [-0.2, -0.15) is 0 Å². The van der Waals surface area contributed by atoms with Crippen LogP contribution in [0.4, 0.5) is 17.1 Å². The van der Waals surface area contributed by atoms with Gasteiger partial charge in [0.15, 0.2) is 0 Å². The number of hydrogen-bond acceptors (Lipinski definition) is 3. The lowest BCUT2D eigenvalue weighted by Gasteiger charge is -2.26. The van der Waals surface area contributed by atoms with E-state index >= 15 is 0 Å². The molecule has 0 fully saturated rings. The van der Waals surface area contributed by atoms with E-state index in [2.05, 4.69) is 205 Å². The first-order valence-electron chi connectivity index (χ1n) is 18.7. The molecule has 0 aliphatic rings. The van der Waals surface area contributed by atoms with Gasteiger partial charge in [0, 0.05) is 57.4 Å². The number of rotatable bonds is 6. The van der Waals surface area contributed by atoms with E-state index in [0.717, 1.165) is 17.1 Å². The van der Waals surface area contributed by atoms with Gasteiger partial charge < -0.3 is 4.90 Å². The van der Waals surface area contributed by atoms with Gasteiger partial charge in [0.05, 0.1) is 0 Å². The molecule has 0 N–H and O–H groups in total. The summed E-state index contributed by atoms with van der Waals surface area (Å²) < 4.78 is 5.33. The third-order valence-electron chi connectivity index (χ3n) is 10.9. The summed E-state index contributed by atoms with van der Waals surface area (Å²) >= 11 is 3.75. The van der Waals surface area contributed by atoms with Crippen molar-refractivity contribution in [3.05, 3.63) is 200 Å². The molecule has 0 spiro atoms. The summed E-state index contributed by atoms with van der Waals surface area (Å²) in [5.41, 5.74) is 10.7. The molecule has 11 rings (SSSR count). The Kier molecular flexibility index (Phi) is 7.61. The molecule has 0 bridgehead atoms. The maximum absolute atomic E-state index is 2.38. The van der Waals surface area contributed by atoms with Crippen molar-refractivity contribution in [2.24, 2.45) is 0 Å². The van der Waals surface area contributed by atoms with E-state index in [4.69, 9.17) is 0 Å². The fourth-order valence-corrected chi connectivity index (χ4v) is 10.6. The minimum absolute atomic E-state index is 1.11. The second-order valence-corrected chi connectivity index (χ2v) is 16.2. The molecule has 11 aromatic rings. The number of nitrogens with zero attached hydrogens (tertiary/aromatic N) is 1. The van der Waals surface area contributed by atoms with Crippen molar-refractivity contribution in [2.45, 2.75) is 0 Å². The van der Waals surface area contributed by atoms with Crippen molar-refractivity contribution in [1.82, 2.24) is 0 Å². The van der Waals surface area contributed by atoms with Crippen molar-refractivity contribution >= 4 is 90.9 Å². The maximum Gasteiger partial charge on any atom is 0.0467 e. The Balaban J connectivity index is 1.00. The number of anilines is 3. The topological polar surface area (TPSA) is 3.24 Å². The van der Waals surface area contributed by atoms with E-state index in [0.29, 0.717) is 0 Å². The van der Waals surface area contributed by atoms with Crippen LogP contribution in [0.15, 0.2) is 200 Å². The second-order valence-electron chi connectivity index (χ2n) is 14.1. The van der Waals surface area contributed by atoms with Crippen LogP contribution in [0, 0.1) is 0 Å². The molecule has 2 aromatic heterocycles. The van der Waals surface area contributed by atoms with Crippen molar-refractivity contribution in [3.63, 3.8) is 0 Å². The molecule has 0 amide bonds. The summed E-state index contributed by atoms with van der Waals surface area (Å²) in [4.78, 5) is 2.38. The molecule has 1 nitrogen and oxygen atoms in total. The molecule has 0 aliphatic carbocycles. The second kappa shape index (κ2) is 13.1. The van der Waals surface area contributed by atoms with E-state index in [9.17, 15) is 0 Å². The van der Waals surface area contributed by atoms with Crippen molar-refractivity contribution in [2.75, 3.05) is 4.90 Å². The summed E-state index contributed by atoms with van der Waals surface area (Å²) in [6.07, 6.45) is 0. The van der Waals surface area contributed by atoms with Crippen molar-refractivity contribution < 1.29 is 0 Å². The van der Waals surface area contributed by atoms with Crippen LogP contribution < -0.4 is 4.90 Å². The number of benzene rings is 9. The van der Waals surface area contributed by atoms with Crippen LogP contribution in [0.1, 0.15) is 0 Å². The van der Waals surface area contributed by atoms with E-state index in [-0.39, 0.29) is 0 Å². The van der Waals surface area contributed by atoms with E-state index in [1.807, 2.05) is 22.7 Å². The first-order valence-corrected chi connectivity index (χ1v) is 20.3. The highest BCUT2D eigenvalue weighted by molar-refractivity contribution is 7.26. The van der Waals surface area contributed by atoms with Crippen LogP contribution in [0.3, 0.4) is 0 Å². The summed E-state index contributed by atoms with van der Waals surface area (Å²) in [5.74, 6) is 0. The Bertz CT molecular complexity index is 3190. The quantitative estimate of drug-likeness (QED) is 0.164. The van der Waals surface area contributed by atoms with Gasteiger partial charge in [-0.05, 0) is 105 Å². The van der Waals surface area contributed by atoms with Crippen LogP contribution >= 0.6 is 22.7 Å². The largest absolute Gasteiger partial charge is 0.310 e. The zero-order valence-electron chi connectivity index (χ0n) is 29.8. The third kappa shape index (κ3) is 5.51. The molecular weight excluding hydrogens is 703 g/mol. The van der Waals surface area contributed by atoms with Crippen molar-refractivity contribution in [1.29, 1.82) is 0 Å². The summed E-state index contributed by atoms with van der Waals surface area (Å²) in [6, 6.07) is 73.3. The van der Waals surface area contributed by atoms with Crippen LogP contribution in [0.5, 0.6) is 0 Å². The fraction of sp³-hybridized carbons (Fsp3) is 0. The molecule has 55 heavy (non-hydrogen) atoms. The highest BCUT2D eigenvalue weighted by atomic mass is 32.1. The van der Waals surface area contributed by atoms with E-state index in [1.54, 1.807) is 0 Å². The first-order chi connectivity index (χ1) is 27.2. The van der Waals surface area contributed by atoms with Gasteiger partial charge in [-0.1, -0.05) is 140 Å². The lowest BCUT2D eigenvalue weighted by molar-refractivity contribution is 1.28. The van der Waals surface area contributed by atoms with E-state index < -0.39 is 0 Å². The Morgan fingerprint density at radius 3 is 1.69 bits per heavy atom. The predicted molar refractivity (Wildman–Crippen MR) is 241 cm³/mol. The molecule has 2 heterocycles. The van der Waals surface area contributed by atoms with Gasteiger partial charge in [0.1, 0.15) is 0 Å². The van der Waals surface area contributed by atoms with Gasteiger partial charge in [0.25, 0.3) is 0 Å². The van der Waals surface area contributed by atoms with E-state index in [1.165, 1.54) is 84.5 Å². The first kappa shape index (κ1) is 32.0. The smallest absolute Gasteiger partial charge is 0.0467 e. The lowest BCUT2D eigenvalue weighted by Crippen LogP contribution is -2.10. The van der Waals surface area contributed by atoms with Gasteiger partial charge in [-0.25, -0.2) is 0 Å². The summed E-state index contributed by atoms with van der Waals surface area (Å²) in [6.45, 7) is 0. The Morgan fingerprint density at radius 1 is 0.309 bits per heavy atom. The van der Waals surface area contributed by atoms with Crippen LogP contribution in [0.2, 0.25) is 0 Å². The molecule has 0 atom stereocenters. The maximum atomic E-state index is 2.38. The molecular formula is C52H33NS2. The SMILES string of the molecule is c1ccc(-c2ccc(N(c3ccc(-c4ccc5c(ccc6sc7ccccc7c65)c4)cc3)c3cccc(-c4cccc5c4sc4ccccc45)c3)cc2)cc1. The highest BCUT2D eigenvalue weighted by Gasteiger charge is 2.17. The normalized spacial score (nSPS) is 11.6. The van der Waals surface area contributed by atoms with Crippen LogP contribution in [-0.2, 0) is 0 Å². The Hall–Kier alpha value is -6.52. The average molecular weight is 736 g/mol. The lowest BCUT2D eigenvalue weighted by atomic mass is 9.98. The van der Waals surface area contributed by atoms with Gasteiger partial charge in [-0.15, -0.1) is 22.7 Å². The van der Waals surface area contributed by atoms with Gasteiger partial charge in [0.2, 0.25) is 0 Å². The molecule has 0 unspecified atom stereocenters. The van der Waals surface area contributed by atoms with Gasteiger partial charge in [-0.3, -0.25) is 0 Å². The number of thiophene rings is 2. The fourth-order valence-electron chi connectivity index (χ4n) is 8.20. The standard InChI is InChI=1S/C52H33NS2/c1-2-10-34(11-3-1)35-20-26-40(27-21-35)53(42-13-8-12-38(33-42)44-16-9-17-46-45-14-4-6-18-48(45)55-52(44)46)41-28-22-36(23-29-41)37-24-30-43-39(32-37)25-31-50-51(43)47-15-5-7-19-49(47)54-50/h1-33H.